The number of nitrogens with zero attached hydrogens (tertiary/aromatic N) is 1. The minimum Gasteiger partial charge on any atom is -0.367 e. The van der Waals surface area contributed by atoms with E-state index < -0.39 is 5.54 Å². The van der Waals surface area contributed by atoms with Gasteiger partial charge in [0, 0.05) is 10.2 Å². The van der Waals surface area contributed by atoms with E-state index in [1.165, 1.54) is 6.42 Å². The Balaban J connectivity index is 2.26. The molecule has 4 heteroatoms. The largest absolute Gasteiger partial charge is 0.367 e. The molecule has 1 aliphatic rings. The van der Waals surface area contributed by atoms with Crippen LogP contribution in [0.25, 0.3) is 0 Å². The van der Waals surface area contributed by atoms with Crippen molar-refractivity contribution in [3.8, 4) is 6.07 Å². The highest BCUT2D eigenvalue weighted by molar-refractivity contribution is 9.10. The lowest BCUT2D eigenvalue weighted by molar-refractivity contribution is 0.259. The predicted octanol–water partition coefficient (Wildman–Crippen LogP) is 5.38. The summed E-state index contributed by atoms with van der Waals surface area (Å²) >= 11 is 9.44. The molecule has 2 nitrogen and oxygen atoms in total. The van der Waals surface area contributed by atoms with Crippen molar-refractivity contribution in [2.24, 2.45) is 5.92 Å². The zero-order valence-corrected chi connectivity index (χ0v) is 13.4. The lowest BCUT2D eigenvalue weighted by Crippen LogP contribution is -2.46. The van der Waals surface area contributed by atoms with Gasteiger partial charge in [-0.1, -0.05) is 37.8 Å². The Morgan fingerprint density at radius 3 is 2.95 bits per heavy atom. The molecule has 1 fully saturated rings. The first-order valence-electron chi connectivity index (χ1n) is 6.76. The van der Waals surface area contributed by atoms with Crippen LogP contribution in [0.4, 0.5) is 5.69 Å². The molecule has 1 saturated carbocycles. The van der Waals surface area contributed by atoms with Crippen molar-refractivity contribution in [1.29, 1.82) is 5.26 Å². The third-order valence-electron chi connectivity index (χ3n) is 4.05. The number of nitriles is 1. The Bertz CT molecular complexity index is 497. The van der Waals surface area contributed by atoms with Crippen LogP contribution in [-0.2, 0) is 0 Å². The van der Waals surface area contributed by atoms with Gasteiger partial charge in [0.05, 0.1) is 11.1 Å². The number of anilines is 1. The highest BCUT2D eigenvalue weighted by Gasteiger charge is 2.40. The molecular weight excluding hydrogens is 324 g/mol. The second kappa shape index (κ2) is 6.15. The summed E-state index contributed by atoms with van der Waals surface area (Å²) in [6.45, 7) is 2.17. The van der Waals surface area contributed by atoms with Gasteiger partial charge >= 0.3 is 0 Å². The maximum absolute atomic E-state index is 9.68. The van der Waals surface area contributed by atoms with Crippen molar-refractivity contribution in [2.75, 3.05) is 5.32 Å². The second-order valence-corrected chi connectivity index (χ2v) is 6.45. The smallest absolute Gasteiger partial charge is 0.128 e. The Labute approximate surface area is 128 Å². The van der Waals surface area contributed by atoms with Crippen LogP contribution in [0.3, 0.4) is 0 Å². The van der Waals surface area contributed by atoms with Crippen LogP contribution in [-0.4, -0.2) is 5.54 Å². The van der Waals surface area contributed by atoms with Crippen LogP contribution in [0.5, 0.6) is 0 Å². The summed E-state index contributed by atoms with van der Waals surface area (Å²) in [6, 6.07) is 8.28. The van der Waals surface area contributed by atoms with E-state index in [9.17, 15) is 5.26 Å². The fraction of sp³-hybridized carbons (Fsp3) is 0.533. The molecule has 1 aromatic rings. The van der Waals surface area contributed by atoms with E-state index in [0.29, 0.717) is 10.9 Å². The monoisotopic (exact) mass is 340 g/mol. The molecule has 2 atom stereocenters. The van der Waals surface area contributed by atoms with Gasteiger partial charge in [-0.05, 0) is 52.9 Å². The van der Waals surface area contributed by atoms with Crippen molar-refractivity contribution in [3.63, 3.8) is 0 Å². The maximum Gasteiger partial charge on any atom is 0.128 e. The minimum absolute atomic E-state index is 0.417. The number of nitrogens with one attached hydrogen (secondary N) is 1. The number of rotatable bonds is 3. The van der Waals surface area contributed by atoms with E-state index in [0.717, 1.165) is 35.8 Å². The summed E-state index contributed by atoms with van der Waals surface area (Å²) in [5, 5.41) is 13.8. The van der Waals surface area contributed by atoms with Crippen molar-refractivity contribution in [3.05, 3.63) is 27.7 Å². The SMILES string of the molecule is CCC1CCCCC1(C#N)Nc1ccc(Cl)c(Br)c1. The zero-order chi connectivity index (χ0) is 13.9. The first kappa shape index (κ1) is 14.7. The molecular formula is C15H18BrClN2. The summed E-state index contributed by atoms with van der Waals surface area (Å²) in [4.78, 5) is 0. The highest BCUT2D eigenvalue weighted by atomic mass is 79.9. The fourth-order valence-electron chi connectivity index (χ4n) is 2.97. The molecule has 1 N–H and O–H groups in total. The second-order valence-electron chi connectivity index (χ2n) is 5.19. The molecule has 0 radical (unpaired) electrons. The van der Waals surface area contributed by atoms with E-state index in [-0.39, 0.29) is 0 Å². The summed E-state index contributed by atoms with van der Waals surface area (Å²) in [7, 11) is 0. The molecule has 0 heterocycles. The Morgan fingerprint density at radius 1 is 1.53 bits per heavy atom. The normalized spacial score (nSPS) is 26.7. The number of hydrogen-bond acceptors (Lipinski definition) is 2. The van der Waals surface area contributed by atoms with Crippen LogP contribution in [0, 0.1) is 17.2 Å². The summed E-state index contributed by atoms with van der Waals surface area (Å²) in [5.74, 6) is 0.417. The first-order chi connectivity index (χ1) is 9.11. The first-order valence-corrected chi connectivity index (χ1v) is 7.93. The van der Waals surface area contributed by atoms with Gasteiger partial charge in [0.15, 0.2) is 0 Å². The van der Waals surface area contributed by atoms with E-state index in [1.54, 1.807) is 0 Å². The van der Waals surface area contributed by atoms with Gasteiger partial charge in [-0.2, -0.15) is 5.26 Å². The molecule has 0 bridgehead atoms. The Hall–Kier alpha value is -0.720. The van der Waals surface area contributed by atoms with Gasteiger partial charge in [0.2, 0.25) is 0 Å². The van der Waals surface area contributed by atoms with Gasteiger partial charge in [-0.15, -0.1) is 0 Å². The van der Waals surface area contributed by atoms with Crippen molar-refractivity contribution in [1.82, 2.24) is 0 Å². The lowest BCUT2D eigenvalue weighted by atomic mass is 9.72. The molecule has 0 aromatic heterocycles. The number of benzene rings is 1. The van der Waals surface area contributed by atoms with Gasteiger partial charge < -0.3 is 5.32 Å². The average molecular weight is 342 g/mol. The van der Waals surface area contributed by atoms with Gasteiger partial charge in [-0.25, -0.2) is 0 Å². The molecule has 1 aliphatic carbocycles. The Kier molecular flexibility index (Phi) is 4.76. The number of hydrogen-bond donors (Lipinski definition) is 1. The third kappa shape index (κ3) is 3.07. The van der Waals surface area contributed by atoms with Crippen LogP contribution in [0.1, 0.15) is 39.0 Å². The van der Waals surface area contributed by atoms with Gasteiger partial charge in [0.1, 0.15) is 5.54 Å². The third-order valence-corrected chi connectivity index (χ3v) is 5.26. The highest BCUT2D eigenvalue weighted by Crippen LogP contribution is 2.39. The zero-order valence-electron chi connectivity index (χ0n) is 11.0. The van der Waals surface area contributed by atoms with E-state index >= 15 is 0 Å². The topological polar surface area (TPSA) is 35.8 Å². The van der Waals surface area contributed by atoms with Gasteiger partial charge in [-0.3, -0.25) is 0 Å². The summed E-state index contributed by atoms with van der Waals surface area (Å²) < 4.78 is 0.858. The quantitative estimate of drug-likeness (QED) is 0.801. The molecule has 0 spiro atoms. The molecule has 0 amide bonds. The summed E-state index contributed by atoms with van der Waals surface area (Å²) in [6.07, 6.45) is 5.43. The molecule has 19 heavy (non-hydrogen) atoms. The van der Waals surface area contributed by atoms with Crippen molar-refractivity contribution >= 4 is 33.2 Å². The Morgan fingerprint density at radius 2 is 2.32 bits per heavy atom. The molecule has 2 unspecified atom stereocenters. The predicted molar refractivity (Wildman–Crippen MR) is 83.4 cm³/mol. The van der Waals surface area contributed by atoms with Crippen molar-refractivity contribution in [2.45, 2.75) is 44.6 Å². The van der Waals surface area contributed by atoms with E-state index in [4.69, 9.17) is 11.6 Å². The standard InChI is InChI=1S/C15H18BrClN2/c1-2-11-5-3-4-8-15(11,10-18)19-12-6-7-14(17)13(16)9-12/h6-7,9,11,19H,2-5,8H2,1H3. The van der Waals surface area contributed by atoms with Gasteiger partial charge in [0.25, 0.3) is 0 Å². The molecule has 102 valence electrons. The summed E-state index contributed by atoms with van der Waals surface area (Å²) in [5.41, 5.74) is 0.526. The molecule has 0 aliphatic heterocycles. The molecule has 2 rings (SSSR count). The van der Waals surface area contributed by atoms with Crippen LogP contribution in [0.2, 0.25) is 5.02 Å². The minimum atomic E-state index is -0.430. The average Bonchev–Trinajstić information content (AvgIpc) is 2.43. The fourth-order valence-corrected chi connectivity index (χ4v) is 3.47. The van der Waals surface area contributed by atoms with Crippen LogP contribution >= 0.6 is 27.5 Å². The molecule has 0 saturated heterocycles. The van der Waals surface area contributed by atoms with E-state index in [2.05, 4.69) is 34.2 Å². The maximum atomic E-state index is 9.68. The van der Waals surface area contributed by atoms with E-state index in [1.807, 2.05) is 18.2 Å². The van der Waals surface area contributed by atoms with Crippen LogP contribution in [0.15, 0.2) is 22.7 Å². The number of halogens is 2. The van der Waals surface area contributed by atoms with Crippen LogP contribution < -0.4 is 5.32 Å². The molecule has 1 aromatic carbocycles. The lowest BCUT2D eigenvalue weighted by Gasteiger charge is -2.40. The van der Waals surface area contributed by atoms with Crippen molar-refractivity contribution < 1.29 is 0 Å².